The van der Waals surface area contributed by atoms with Crippen LogP contribution in [0.25, 0.3) is 0 Å². The standard InChI is InChI=1S/C17H20FNO2/c1-13-5-3-6-14(11-13)21-17-8-4-7-16(18)15(17)12-19-9-10-20-2/h3-8,11,19H,9-10,12H2,1-2H3. The van der Waals surface area contributed by atoms with Crippen LogP contribution in [-0.4, -0.2) is 20.3 Å². The maximum absolute atomic E-state index is 14.0. The van der Waals surface area contributed by atoms with Gasteiger partial charge >= 0.3 is 0 Å². The van der Waals surface area contributed by atoms with Gasteiger partial charge in [0.1, 0.15) is 17.3 Å². The lowest BCUT2D eigenvalue weighted by Crippen LogP contribution is -2.19. The molecule has 2 rings (SSSR count). The van der Waals surface area contributed by atoms with E-state index in [1.807, 2.05) is 31.2 Å². The summed E-state index contributed by atoms with van der Waals surface area (Å²) < 4.78 is 24.8. The van der Waals surface area contributed by atoms with Crippen molar-refractivity contribution >= 4 is 0 Å². The van der Waals surface area contributed by atoms with Crippen LogP contribution in [-0.2, 0) is 11.3 Å². The minimum atomic E-state index is -0.273. The zero-order valence-corrected chi connectivity index (χ0v) is 12.4. The van der Waals surface area contributed by atoms with Crippen LogP contribution in [0, 0.1) is 12.7 Å². The summed E-state index contributed by atoms with van der Waals surface area (Å²) in [5.74, 6) is 0.967. The van der Waals surface area contributed by atoms with Gasteiger partial charge in [-0.05, 0) is 36.8 Å². The molecule has 0 unspecified atom stereocenters. The third kappa shape index (κ3) is 4.55. The van der Waals surface area contributed by atoms with Gasteiger partial charge in [-0.15, -0.1) is 0 Å². The molecule has 0 aliphatic rings. The number of aryl methyl sites for hydroxylation is 1. The Morgan fingerprint density at radius 3 is 2.71 bits per heavy atom. The maximum atomic E-state index is 14.0. The summed E-state index contributed by atoms with van der Waals surface area (Å²) in [4.78, 5) is 0. The van der Waals surface area contributed by atoms with Crippen LogP contribution in [0.5, 0.6) is 11.5 Å². The molecule has 0 bridgehead atoms. The van der Waals surface area contributed by atoms with Crippen LogP contribution >= 0.6 is 0 Å². The molecule has 112 valence electrons. The maximum Gasteiger partial charge on any atom is 0.134 e. The fourth-order valence-electron chi connectivity index (χ4n) is 2.00. The summed E-state index contributed by atoms with van der Waals surface area (Å²) >= 11 is 0. The summed E-state index contributed by atoms with van der Waals surface area (Å²) in [6.07, 6.45) is 0. The van der Waals surface area contributed by atoms with Crippen molar-refractivity contribution < 1.29 is 13.9 Å². The second-order valence-electron chi connectivity index (χ2n) is 4.80. The van der Waals surface area contributed by atoms with Crippen molar-refractivity contribution in [3.63, 3.8) is 0 Å². The summed E-state index contributed by atoms with van der Waals surface area (Å²) in [6.45, 7) is 3.64. The quantitative estimate of drug-likeness (QED) is 0.789. The molecular weight excluding hydrogens is 269 g/mol. The van der Waals surface area contributed by atoms with Gasteiger partial charge in [-0.2, -0.15) is 0 Å². The minimum Gasteiger partial charge on any atom is -0.457 e. The number of rotatable bonds is 7. The number of hydrogen-bond acceptors (Lipinski definition) is 3. The highest BCUT2D eigenvalue weighted by atomic mass is 19.1. The van der Waals surface area contributed by atoms with Gasteiger partial charge in [0.25, 0.3) is 0 Å². The largest absolute Gasteiger partial charge is 0.457 e. The Kier molecular flexibility index (Phi) is 5.72. The van der Waals surface area contributed by atoms with E-state index in [2.05, 4.69) is 5.32 Å². The molecule has 0 spiro atoms. The van der Waals surface area contributed by atoms with E-state index in [0.717, 1.165) is 5.56 Å². The first-order valence-corrected chi connectivity index (χ1v) is 6.92. The van der Waals surface area contributed by atoms with Crippen molar-refractivity contribution in [3.05, 3.63) is 59.4 Å². The second kappa shape index (κ2) is 7.76. The number of nitrogens with one attached hydrogen (secondary N) is 1. The summed E-state index contributed by atoms with van der Waals surface area (Å²) in [6, 6.07) is 12.6. The van der Waals surface area contributed by atoms with Crippen LogP contribution in [0.15, 0.2) is 42.5 Å². The molecule has 0 amide bonds. The molecule has 3 nitrogen and oxygen atoms in total. The van der Waals surface area contributed by atoms with E-state index in [0.29, 0.717) is 36.8 Å². The van der Waals surface area contributed by atoms with E-state index < -0.39 is 0 Å². The lowest BCUT2D eigenvalue weighted by atomic mass is 10.2. The zero-order valence-electron chi connectivity index (χ0n) is 12.4. The Labute approximate surface area is 124 Å². The van der Waals surface area contributed by atoms with E-state index in [-0.39, 0.29) is 5.82 Å². The van der Waals surface area contributed by atoms with Crippen molar-refractivity contribution in [3.8, 4) is 11.5 Å². The van der Waals surface area contributed by atoms with Gasteiger partial charge in [0, 0.05) is 25.8 Å². The molecular formula is C17H20FNO2. The van der Waals surface area contributed by atoms with Crippen LogP contribution < -0.4 is 10.1 Å². The summed E-state index contributed by atoms with van der Waals surface area (Å²) in [5, 5.41) is 3.14. The normalized spacial score (nSPS) is 10.6. The predicted molar refractivity (Wildman–Crippen MR) is 81.2 cm³/mol. The predicted octanol–water partition coefficient (Wildman–Crippen LogP) is 3.66. The molecule has 1 N–H and O–H groups in total. The van der Waals surface area contributed by atoms with Crippen molar-refractivity contribution in [2.75, 3.05) is 20.3 Å². The molecule has 4 heteroatoms. The summed E-state index contributed by atoms with van der Waals surface area (Å²) in [5.41, 5.74) is 1.62. The molecule has 0 aliphatic carbocycles. The van der Waals surface area contributed by atoms with Gasteiger partial charge in [-0.1, -0.05) is 18.2 Å². The molecule has 0 radical (unpaired) electrons. The van der Waals surface area contributed by atoms with Gasteiger partial charge in [-0.3, -0.25) is 0 Å². The monoisotopic (exact) mass is 289 g/mol. The molecule has 0 heterocycles. The number of ether oxygens (including phenoxy) is 2. The lowest BCUT2D eigenvalue weighted by Gasteiger charge is -2.13. The van der Waals surface area contributed by atoms with E-state index in [4.69, 9.17) is 9.47 Å². The first-order chi connectivity index (χ1) is 10.2. The number of halogens is 1. The number of methoxy groups -OCH3 is 1. The van der Waals surface area contributed by atoms with E-state index >= 15 is 0 Å². The molecule has 0 saturated heterocycles. The molecule has 0 fully saturated rings. The molecule has 2 aromatic rings. The van der Waals surface area contributed by atoms with Crippen LogP contribution in [0.1, 0.15) is 11.1 Å². The third-order valence-electron chi connectivity index (χ3n) is 3.08. The van der Waals surface area contributed by atoms with E-state index in [1.165, 1.54) is 6.07 Å². The summed E-state index contributed by atoms with van der Waals surface area (Å²) in [7, 11) is 1.64. The SMILES string of the molecule is COCCNCc1c(F)cccc1Oc1cccc(C)c1. The third-order valence-corrected chi connectivity index (χ3v) is 3.08. The first-order valence-electron chi connectivity index (χ1n) is 6.92. The Morgan fingerprint density at radius 2 is 1.95 bits per heavy atom. The van der Waals surface area contributed by atoms with Gasteiger partial charge in [-0.25, -0.2) is 4.39 Å². The average Bonchev–Trinajstić information content (AvgIpc) is 2.46. The second-order valence-corrected chi connectivity index (χ2v) is 4.80. The van der Waals surface area contributed by atoms with Gasteiger partial charge in [0.05, 0.1) is 6.61 Å². The molecule has 0 saturated carbocycles. The van der Waals surface area contributed by atoms with Crippen LogP contribution in [0.2, 0.25) is 0 Å². The highest BCUT2D eigenvalue weighted by Gasteiger charge is 2.10. The van der Waals surface area contributed by atoms with Crippen molar-refractivity contribution in [1.29, 1.82) is 0 Å². The van der Waals surface area contributed by atoms with Crippen LogP contribution in [0.4, 0.5) is 4.39 Å². The fourth-order valence-corrected chi connectivity index (χ4v) is 2.00. The topological polar surface area (TPSA) is 30.5 Å². The smallest absolute Gasteiger partial charge is 0.134 e. The number of hydrogen-bond donors (Lipinski definition) is 1. The highest BCUT2D eigenvalue weighted by molar-refractivity contribution is 5.39. The van der Waals surface area contributed by atoms with E-state index in [1.54, 1.807) is 19.2 Å². The average molecular weight is 289 g/mol. The molecule has 0 aromatic heterocycles. The van der Waals surface area contributed by atoms with Gasteiger partial charge in [0.15, 0.2) is 0 Å². The van der Waals surface area contributed by atoms with Crippen molar-refractivity contribution in [1.82, 2.24) is 5.32 Å². The van der Waals surface area contributed by atoms with Crippen molar-refractivity contribution in [2.24, 2.45) is 0 Å². The molecule has 0 atom stereocenters. The fraction of sp³-hybridized carbons (Fsp3) is 0.294. The van der Waals surface area contributed by atoms with Gasteiger partial charge < -0.3 is 14.8 Å². The Hall–Kier alpha value is -1.91. The van der Waals surface area contributed by atoms with Crippen LogP contribution in [0.3, 0.4) is 0 Å². The Morgan fingerprint density at radius 1 is 1.14 bits per heavy atom. The molecule has 0 aliphatic heterocycles. The highest BCUT2D eigenvalue weighted by Crippen LogP contribution is 2.27. The Balaban J connectivity index is 2.13. The first kappa shape index (κ1) is 15.5. The minimum absolute atomic E-state index is 0.273. The number of benzene rings is 2. The molecule has 2 aromatic carbocycles. The zero-order chi connectivity index (χ0) is 15.1. The van der Waals surface area contributed by atoms with Gasteiger partial charge in [0.2, 0.25) is 0 Å². The lowest BCUT2D eigenvalue weighted by molar-refractivity contribution is 0.199. The van der Waals surface area contributed by atoms with Crippen molar-refractivity contribution in [2.45, 2.75) is 13.5 Å². The van der Waals surface area contributed by atoms with E-state index in [9.17, 15) is 4.39 Å². The Bertz CT molecular complexity index is 587. The molecule has 21 heavy (non-hydrogen) atoms.